The number of carbonyl (C=O) groups is 3. The SMILES string of the molecule is CN(C)C(=O)c1ccc(NC(=O)CC2(C(=O)O)CCCCCC2)cc1Cl. The highest BCUT2D eigenvalue weighted by molar-refractivity contribution is 6.34. The summed E-state index contributed by atoms with van der Waals surface area (Å²) in [7, 11) is 3.26. The Morgan fingerprint density at radius 1 is 1.15 bits per heavy atom. The third-order valence-corrected chi connectivity index (χ3v) is 5.22. The van der Waals surface area contributed by atoms with Crippen molar-refractivity contribution in [2.24, 2.45) is 5.41 Å². The first-order valence-electron chi connectivity index (χ1n) is 8.80. The van der Waals surface area contributed by atoms with Gasteiger partial charge in [-0.25, -0.2) is 0 Å². The molecule has 0 radical (unpaired) electrons. The van der Waals surface area contributed by atoms with E-state index in [0.717, 1.165) is 25.7 Å². The van der Waals surface area contributed by atoms with E-state index in [2.05, 4.69) is 5.32 Å². The number of carboxylic acids is 1. The normalized spacial score (nSPS) is 16.4. The van der Waals surface area contributed by atoms with Crippen LogP contribution in [0.1, 0.15) is 55.3 Å². The van der Waals surface area contributed by atoms with Crippen LogP contribution in [-0.2, 0) is 9.59 Å². The fourth-order valence-electron chi connectivity index (χ4n) is 3.39. The molecule has 1 aromatic rings. The molecule has 0 spiro atoms. The third-order valence-electron chi connectivity index (χ3n) is 4.90. The van der Waals surface area contributed by atoms with Gasteiger partial charge in [0.15, 0.2) is 0 Å². The maximum Gasteiger partial charge on any atom is 0.310 e. The molecule has 0 unspecified atom stereocenters. The maximum atomic E-state index is 12.4. The lowest BCUT2D eigenvalue weighted by Gasteiger charge is -2.27. The molecule has 0 aromatic heterocycles. The molecular formula is C19H25ClN2O4. The van der Waals surface area contributed by atoms with Crippen molar-refractivity contribution in [3.05, 3.63) is 28.8 Å². The van der Waals surface area contributed by atoms with Crippen LogP contribution in [0.25, 0.3) is 0 Å². The lowest BCUT2D eigenvalue weighted by Crippen LogP contribution is -2.35. The Bertz CT molecular complexity index is 695. The minimum absolute atomic E-state index is 0.0572. The molecule has 1 fully saturated rings. The monoisotopic (exact) mass is 380 g/mol. The largest absolute Gasteiger partial charge is 0.481 e. The van der Waals surface area contributed by atoms with E-state index in [9.17, 15) is 19.5 Å². The zero-order chi connectivity index (χ0) is 19.3. The summed E-state index contributed by atoms with van der Waals surface area (Å²) < 4.78 is 0. The molecule has 0 bridgehead atoms. The van der Waals surface area contributed by atoms with Gasteiger partial charge < -0.3 is 15.3 Å². The van der Waals surface area contributed by atoms with Gasteiger partial charge in [-0.1, -0.05) is 37.3 Å². The zero-order valence-corrected chi connectivity index (χ0v) is 15.9. The lowest BCUT2D eigenvalue weighted by atomic mass is 9.77. The first kappa shape index (κ1) is 20.2. The van der Waals surface area contributed by atoms with E-state index >= 15 is 0 Å². The van der Waals surface area contributed by atoms with Crippen molar-refractivity contribution < 1.29 is 19.5 Å². The average Bonchev–Trinajstić information content (AvgIpc) is 2.80. The number of carboxylic acid groups (broad SMARTS) is 1. The van der Waals surface area contributed by atoms with Crippen LogP contribution in [0.2, 0.25) is 5.02 Å². The molecule has 6 nitrogen and oxygen atoms in total. The number of hydrogen-bond donors (Lipinski definition) is 2. The average molecular weight is 381 g/mol. The number of benzene rings is 1. The van der Waals surface area contributed by atoms with Gasteiger partial charge in [0.2, 0.25) is 5.91 Å². The highest BCUT2D eigenvalue weighted by atomic mass is 35.5. The molecule has 0 atom stereocenters. The fraction of sp³-hybridized carbons (Fsp3) is 0.526. The highest BCUT2D eigenvalue weighted by Gasteiger charge is 2.40. The molecule has 1 aliphatic rings. The van der Waals surface area contributed by atoms with Crippen molar-refractivity contribution >= 4 is 35.1 Å². The summed E-state index contributed by atoms with van der Waals surface area (Å²) in [4.78, 5) is 37.7. The number of amides is 2. The number of hydrogen-bond acceptors (Lipinski definition) is 3. The van der Waals surface area contributed by atoms with Crippen molar-refractivity contribution in [2.45, 2.75) is 44.9 Å². The van der Waals surface area contributed by atoms with Gasteiger partial charge in [-0.15, -0.1) is 0 Å². The number of rotatable bonds is 5. The van der Waals surface area contributed by atoms with Crippen LogP contribution < -0.4 is 5.32 Å². The number of anilines is 1. The summed E-state index contributed by atoms with van der Waals surface area (Å²) in [6.45, 7) is 0. The van der Waals surface area contributed by atoms with Crippen LogP contribution >= 0.6 is 11.6 Å². The number of halogens is 1. The van der Waals surface area contributed by atoms with E-state index in [1.54, 1.807) is 26.2 Å². The van der Waals surface area contributed by atoms with Gasteiger partial charge in [0.1, 0.15) is 0 Å². The van der Waals surface area contributed by atoms with E-state index in [1.165, 1.54) is 11.0 Å². The van der Waals surface area contributed by atoms with Gasteiger partial charge in [-0.3, -0.25) is 14.4 Å². The van der Waals surface area contributed by atoms with Gasteiger partial charge in [0, 0.05) is 26.2 Å². The smallest absolute Gasteiger partial charge is 0.310 e. The Morgan fingerprint density at radius 2 is 1.77 bits per heavy atom. The summed E-state index contributed by atoms with van der Waals surface area (Å²) >= 11 is 6.15. The second kappa shape index (κ2) is 8.54. The van der Waals surface area contributed by atoms with Crippen LogP contribution in [0.15, 0.2) is 18.2 Å². The predicted octanol–water partition coefficient (Wildman–Crippen LogP) is 3.80. The minimum atomic E-state index is -0.995. The summed E-state index contributed by atoms with van der Waals surface area (Å²) in [6.07, 6.45) is 4.65. The molecule has 7 heteroatoms. The van der Waals surface area contributed by atoms with Gasteiger partial charge >= 0.3 is 5.97 Å². The summed E-state index contributed by atoms with van der Waals surface area (Å²) in [5.74, 6) is -1.48. The Balaban J connectivity index is 2.10. The van der Waals surface area contributed by atoms with Crippen LogP contribution in [-0.4, -0.2) is 41.9 Å². The molecule has 2 rings (SSSR count). The Morgan fingerprint density at radius 3 is 2.27 bits per heavy atom. The molecule has 1 aromatic carbocycles. The van der Waals surface area contributed by atoms with Gasteiger partial charge in [0.05, 0.1) is 16.0 Å². The van der Waals surface area contributed by atoms with Crippen molar-refractivity contribution in [3.8, 4) is 0 Å². The summed E-state index contributed by atoms with van der Waals surface area (Å²) in [5.41, 5.74) is -0.199. The van der Waals surface area contributed by atoms with Gasteiger partial charge in [-0.2, -0.15) is 0 Å². The summed E-state index contributed by atoms with van der Waals surface area (Å²) in [5, 5.41) is 12.6. The molecule has 26 heavy (non-hydrogen) atoms. The standard InChI is InChI=1S/C19H25ClN2O4/c1-22(2)17(24)14-8-7-13(11-15(14)20)21-16(23)12-19(18(25)26)9-5-3-4-6-10-19/h7-8,11H,3-6,9-10,12H2,1-2H3,(H,21,23)(H,25,26). The van der Waals surface area contributed by atoms with Crippen LogP contribution in [0.4, 0.5) is 5.69 Å². The van der Waals surface area contributed by atoms with E-state index < -0.39 is 11.4 Å². The van der Waals surface area contributed by atoms with E-state index in [1.807, 2.05) is 0 Å². The fourth-order valence-corrected chi connectivity index (χ4v) is 3.65. The molecule has 1 aliphatic carbocycles. The molecule has 2 amide bonds. The summed E-state index contributed by atoms with van der Waals surface area (Å²) in [6, 6.07) is 4.66. The van der Waals surface area contributed by atoms with Crippen molar-refractivity contribution in [2.75, 3.05) is 19.4 Å². The maximum absolute atomic E-state index is 12.4. The van der Waals surface area contributed by atoms with E-state index in [0.29, 0.717) is 24.1 Å². The van der Waals surface area contributed by atoms with Gasteiger partial charge in [-0.05, 0) is 31.0 Å². The molecule has 1 saturated carbocycles. The third kappa shape index (κ3) is 4.75. The highest BCUT2D eigenvalue weighted by Crippen LogP contribution is 2.38. The molecular weight excluding hydrogens is 356 g/mol. The first-order chi connectivity index (χ1) is 12.2. The number of carbonyl (C=O) groups excluding carboxylic acids is 2. The van der Waals surface area contributed by atoms with Crippen molar-refractivity contribution in [3.63, 3.8) is 0 Å². The predicted molar refractivity (Wildman–Crippen MR) is 100 cm³/mol. The van der Waals surface area contributed by atoms with Crippen LogP contribution in [0, 0.1) is 5.41 Å². The molecule has 2 N–H and O–H groups in total. The number of aliphatic carboxylic acids is 1. The topological polar surface area (TPSA) is 86.7 Å². The van der Waals surface area contributed by atoms with Crippen molar-refractivity contribution in [1.29, 1.82) is 0 Å². The zero-order valence-electron chi connectivity index (χ0n) is 15.2. The van der Waals surface area contributed by atoms with Crippen LogP contribution in [0.5, 0.6) is 0 Å². The van der Waals surface area contributed by atoms with E-state index in [4.69, 9.17) is 11.6 Å². The minimum Gasteiger partial charge on any atom is -0.481 e. The molecule has 142 valence electrons. The molecule has 0 heterocycles. The van der Waals surface area contributed by atoms with Crippen molar-refractivity contribution in [1.82, 2.24) is 4.90 Å². The van der Waals surface area contributed by atoms with Gasteiger partial charge in [0.25, 0.3) is 5.91 Å². The molecule has 0 saturated heterocycles. The first-order valence-corrected chi connectivity index (χ1v) is 9.17. The lowest BCUT2D eigenvalue weighted by molar-refractivity contribution is -0.152. The quantitative estimate of drug-likeness (QED) is 0.760. The molecule has 0 aliphatic heterocycles. The second-order valence-electron chi connectivity index (χ2n) is 7.12. The number of nitrogens with zero attached hydrogens (tertiary/aromatic N) is 1. The Labute approximate surface area is 158 Å². The van der Waals surface area contributed by atoms with E-state index in [-0.39, 0.29) is 23.3 Å². The number of nitrogens with one attached hydrogen (secondary N) is 1. The van der Waals surface area contributed by atoms with Crippen LogP contribution in [0.3, 0.4) is 0 Å². The Kier molecular flexibility index (Phi) is 6.64. The second-order valence-corrected chi connectivity index (χ2v) is 7.53. The Hall–Kier alpha value is -2.08.